The van der Waals surface area contributed by atoms with Gasteiger partial charge in [0.1, 0.15) is 10.7 Å². The molecule has 1 N–H and O–H groups in total. The summed E-state index contributed by atoms with van der Waals surface area (Å²) in [5.41, 5.74) is 2.27. The maximum atomic E-state index is 12.9. The van der Waals surface area contributed by atoms with Gasteiger partial charge in [-0.2, -0.15) is 5.10 Å². The van der Waals surface area contributed by atoms with E-state index in [2.05, 4.69) is 10.5 Å². The third kappa shape index (κ3) is 3.63. The van der Waals surface area contributed by atoms with Gasteiger partial charge in [0.2, 0.25) is 0 Å². The van der Waals surface area contributed by atoms with Crippen LogP contribution in [0.2, 0.25) is 5.02 Å². The van der Waals surface area contributed by atoms with Crippen LogP contribution >= 0.6 is 11.6 Å². The Morgan fingerprint density at radius 1 is 1.43 bits per heavy atom. The highest BCUT2D eigenvalue weighted by atomic mass is 35.5. The number of hydrogen-bond donors (Lipinski definition) is 1. The zero-order chi connectivity index (χ0) is 15.4. The molecule has 9 heteroatoms. The van der Waals surface area contributed by atoms with Gasteiger partial charge >= 0.3 is 5.88 Å². The number of furan rings is 1. The highest BCUT2D eigenvalue weighted by Gasteiger charge is 2.11. The predicted octanol–water partition coefficient (Wildman–Crippen LogP) is 2.74. The number of carbonyl (C=O) groups is 1. The van der Waals surface area contributed by atoms with Gasteiger partial charge in [-0.05, 0) is 24.3 Å². The summed E-state index contributed by atoms with van der Waals surface area (Å²) in [7, 11) is 0. The molecule has 0 saturated carbocycles. The van der Waals surface area contributed by atoms with Gasteiger partial charge in [-0.3, -0.25) is 14.9 Å². The Labute approximate surface area is 122 Å². The minimum atomic E-state index is -0.698. The SMILES string of the molecule is O=C(N/N=C/c1ccc([N+](=O)[O-])o1)c1ccc(F)c(Cl)c1. The summed E-state index contributed by atoms with van der Waals surface area (Å²) in [4.78, 5) is 21.4. The summed E-state index contributed by atoms with van der Waals surface area (Å²) in [6.45, 7) is 0. The van der Waals surface area contributed by atoms with Crippen molar-refractivity contribution in [2.45, 2.75) is 0 Å². The van der Waals surface area contributed by atoms with Gasteiger partial charge in [0.05, 0.1) is 17.3 Å². The summed E-state index contributed by atoms with van der Waals surface area (Å²) < 4.78 is 17.7. The number of benzene rings is 1. The van der Waals surface area contributed by atoms with Gasteiger partial charge in [0, 0.05) is 5.56 Å². The van der Waals surface area contributed by atoms with Crippen LogP contribution in [-0.2, 0) is 0 Å². The lowest BCUT2D eigenvalue weighted by atomic mass is 10.2. The van der Waals surface area contributed by atoms with E-state index >= 15 is 0 Å². The highest BCUT2D eigenvalue weighted by molar-refractivity contribution is 6.31. The van der Waals surface area contributed by atoms with Crippen molar-refractivity contribution >= 4 is 29.6 Å². The Balaban J connectivity index is 2.01. The van der Waals surface area contributed by atoms with Gasteiger partial charge in [-0.15, -0.1) is 0 Å². The van der Waals surface area contributed by atoms with E-state index in [0.29, 0.717) is 0 Å². The van der Waals surface area contributed by atoms with Crippen LogP contribution in [0.15, 0.2) is 39.9 Å². The first-order valence-corrected chi connectivity index (χ1v) is 5.88. The summed E-state index contributed by atoms with van der Waals surface area (Å²) in [5, 5.41) is 13.8. The minimum absolute atomic E-state index is 0.0964. The molecule has 21 heavy (non-hydrogen) atoms. The van der Waals surface area contributed by atoms with Crippen molar-refractivity contribution in [3.8, 4) is 0 Å². The van der Waals surface area contributed by atoms with E-state index in [4.69, 9.17) is 16.0 Å². The number of rotatable bonds is 4. The van der Waals surface area contributed by atoms with E-state index < -0.39 is 22.5 Å². The molecular formula is C12H7ClFN3O4. The quantitative estimate of drug-likeness (QED) is 0.533. The van der Waals surface area contributed by atoms with Gasteiger partial charge in [-0.1, -0.05) is 11.6 Å². The first kappa shape index (κ1) is 14.7. The number of hydrazone groups is 1. The Bertz CT molecular complexity index is 729. The maximum Gasteiger partial charge on any atom is 0.433 e. The van der Waals surface area contributed by atoms with Crippen LogP contribution in [0.5, 0.6) is 0 Å². The third-order valence-electron chi connectivity index (χ3n) is 2.33. The Morgan fingerprint density at radius 2 is 2.19 bits per heavy atom. The summed E-state index contributed by atoms with van der Waals surface area (Å²) in [6, 6.07) is 5.92. The second-order valence-electron chi connectivity index (χ2n) is 3.76. The van der Waals surface area contributed by atoms with Crippen LogP contribution in [-0.4, -0.2) is 17.0 Å². The van der Waals surface area contributed by atoms with E-state index in [1.807, 2.05) is 0 Å². The van der Waals surface area contributed by atoms with Gasteiger partial charge < -0.3 is 4.42 Å². The topological polar surface area (TPSA) is 97.7 Å². The first-order valence-electron chi connectivity index (χ1n) is 5.50. The van der Waals surface area contributed by atoms with E-state index in [0.717, 1.165) is 24.4 Å². The van der Waals surface area contributed by atoms with Crippen LogP contribution < -0.4 is 5.43 Å². The number of amides is 1. The summed E-state index contributed by atoms with van der Waals surface area (Å²) >= 11 is 5.55. The molecule has 2 rings (SSSR count). The van der Waals surface area contributed by atoms with Crippen molar-refractivity contribution in [3.05, 3.63) is 62.6 Å². The van der Waals surface area contributed by atoms with Crippen LogP contribution in [0.4, 0.5) is 10.3 Å². The number of nitrogens with one attached hydrogen (secondary N) is 1. The molecule has 0 saturated heterocycles. The smallest absolute Gasteiger partial charge is 0.400 e. The number of carbonyl (C=O) groups excluding carboxylic acids is 1. The second-order valence-corrected chi connectivity index (χ2v) is 4.17. The molecule has 2 aromatic rings. The van der Waals surface area contributed by atoms with Gasteiger partial charge in [0.25, 0.3) is 5.91 Å². The van der Waals surface area contributed by atoms with E-state index in [-0.39, 0.29) is 16.3 Å². The molecule has 1 amide bonds. The molecule has 0 fully saturated rings. The normalized spacial score (nSPS) is 10.8. The van der Waals surface area contributed by atoms with Crippen molar-refractivity contribution in [1.82, 2.24) is 5.43 Å². The van der Waals surface area contributed by atoms with Gasteiger partial charge in [0.15, 0.2) is 5.76 Å². The van der Waals surface area contributed by atoms with Crippen LogP contribution in [0.3, 0.4) is 0 Å². The summed E-state index contributed by atoms with van der Waals surface area (Å²) in [6.07, 6.45) is 1.09. The monoisotopic (exact) mass is 311 g/mol. The average Bonchev–Trinajstić information content (AvgIpc) is 2.91. The van der Waals surface area contributed by atoms with Crippen molar-refractivity contribution in [3.63, 3.8) is 0 Å². The zero-order valence-electron chi connectivity index (χ0n) is 10.2. The molecule has 7 nitrogen and oxygen atoms in total. The number of halogens is 2. The standard InChI is InChI=1S/C12H7ClFN3O4/c13-9-5-7(1-3-10(9)14)12(18)16-15-6-8-2-4-11(21-8)17(19)20/h1-6H,(H,16,18)/b15-6+. The lowest BCUT2D eigenvalue weighted by Gasteiger charge is -2.00. The molecule has 1 aromatic heterocycles. The van der Waals surface area contributed by atoms with Crippen LogP contribution in [0.25, 0.3) is 0 Å². The van der Waals surface area contributed by atoms with Crippen molar-refractivity contribution in [1.29, 1.82) is 0 Å². The molecular weight excluding hydrogens is 305 g/mol. The van der Waals surface area contributed by atoms with E-state index in [1.165, 1.54) is 12.1 Å². The van der Waals surface area contributed by atoms with Crippen LogP contribution in [0.1, 0.15) is 16.1 Å². The number of nitro groups is 1. The molecule has 0 radical (unpaired) electrons. The molecule has 108 valence electrons. The Morgan fingerprint density at radius 3 is 2.81 bits per heavy atom. The average molecular weight is 312 g/mol. The van der Waals surface area contributed by atoms with E-state index in [9.17, 15) is 19.3 Å². The van der Waals surface area contributed by atoms with Crippen molar-refractivity contribution in [2.75, 3.05) is 0 Å². The van der Waals surface area contributed by atoms with Crippen molar-refractivity contribution < 1.29 is 18.5 Å². The Hall–Kier alpha value is -2.74. The molecule has 1 heterocycles. The molecule has 0 spiro atoms. The second kappa shape index (κ2) is 6.14. The predicted molar refractivity (Wildman–Crippen MR) is 71.8 cm³/mol. The molecule has 0 aliphatic heterocycles. The molecule has 0 atom stereocenters. The Kier molecular flexibility index (Phi) is 4.29. The third-order valence-corrected chi connectivity index (χ3v) is 2.62. The molecule has 0 aliphatic rings. The molecule has 0 aliphatic carbocycles. The number of nitrogens with zero attached hydrogens (tertiary/aromatic N) is 2. The fourth-order valence-electron chi connectivity index (χ4n) is 1.37. The highest BCUT2D eigenvalue weighted by Crippen LogP contribution is 2.16. The fourth-order valence-corrected chi connectivity index (χ4v) is 1.55. The van der Waals surface area contributed by atoms with E-state index in [1.54, 1.807) is 0 Å². The van der Waals surface area contributed by atoms with Crippen molar-refractivity contribution in [2.24, 2.45) is 5.10 Å². The maximum absolute atomic E-state index is 12.9. The first-order chi connectivity index (χ1) is 9.97. The fraction of sp³-hybridized carbons (Fsp3) is 0. The molecule has 0 bridgehead atoms. The minimum Gasteiger partial charge on any atom is -0.400 e. The molecule has 1 aromatic carbocycles. The lowest BCUT2D eigenvalue weighted by Crippen LogP contribution is -2.17. The lowest BCUT2D eigenvalue weighted by molar-refractivity contribution is -0.402. The van der Waals surface area contributed by atoms with Crippen LogP contribution in [0, 0.1) is 15.9 Å². The number of hydrogen-bond acceptors (Lipinski definition) is 5. The summed E-state index contributed by atoms with van der Waals surface area (Å²) in [5.74, 6) is -1.60. The van der Waals surface area contributed by atoms with Gasteiger partial charge in [-0.25, -0.2) is 9.82 Å². The molecule has 0 unspecified atom stereocenters. The zero-order valence-corrected chi connectivity index (χ0v) is 11.0. The largest absolute Gasteiger partial charge is 0.433 e.